The fourth-order valence-electron chi connectivity index (χ4n) is 2.48. The van der Waals surface area contributed by atoms with E-state index in [0.29, 0.717) is 18.8 Å². The summed E-state index contributed by atoms with van der Waals surface area (Å²) in [6, 6.07) is 5.98. The number of anilines is 1. The first-order valence-electron chi connectivity index (χ1n) is 8.19. The molecule has 0 aliphatic carbocycles. The molecule has 136 valence electrons. The Morgan fingerprint density at radius 1 is 1.12 bits per heavy atom. The van der Waals surface area contributed by atoms with Crippen molar-refractivity contribution in [3.8, 4) is 0 Å². The van der Waals surface area contributed by atoms with Crippen LogP contribution >= 0.6 is 0 Å². The summed E-state index contributed by atoms with van der Waals surface area (Å²) in [4.78, 5) is 23.1. The van der Waals surface area contributed by atoms with Gasteiger partial charge in [0.1, 0.15) is 0 Å². The van der Waals surface area contributed by atoms with Gasteiger partial charge < -0.3 is 10.1 Å². The molecule has 25 heavy (non-hydrogen) atoms. The van der Waals surface area contributed by atoms with Gasteiger partial charge in [0.2, 0.25) is 15.9 Å². The molecule has 1 heterocycles. The van der Waals surface area contributed by atoms with Gasteiger partial charge in [-0.2, -0.15) is 4.31 Å². The van der Waals surface area contributed by atoms with Gasteiger partial charge in [0.25, 0.3) is 0 Å². The zero-order valence-corrected chi connectivity index (χ0v) is 14.9. The Bertz CT molecular complexity index is 735. The first-order chi connectivity index (χ1) is 11.9. The molecule has 0 atom stereocenters. The first-order valence-corrected chi connectivity index (χ1v) is 9.63. The van der Waals surface area contributed by atoms with E-state index in [1.165, 1.54) is 28.6 Å². The Morgan fingerprint density at radius 3 is 2.36 bits per heavy atom. The second kappa shape index (κ2) is 8.77. The highest BCUT2D eigenvalue weighted by atomic mass is 32.2. The average Bonchev–Trinajstić information content (AvgIpc) is 2.61. The van der Waals surface area contributed by atoms with Crippen molar-refractivity contribution in [1.82, 2.24) is 4.31 Å². The SMILES string of the molecule is CCOC(=O)/C=C/C(=O)Nc1ccc(S(=O)(=O)N2CCCCC2)cc1. The van der Waals surface area contributed by atoms with Crippen LogP contribution in [0.25, 0.3) is 0 Å². The molecule has 1 aliphatic heterocycles. The second-order valence-electron chi connectivity index (χ2n) is 5.56. The zero-order valence-electron chi connectivity index (χ0n) is 14.1. The van der Waals surface area contributed by atoms with Crippen molar-refractivity contribution in [1.29, 1.82) is 0 Å². The van der Waals surface area contributed by atoms with E-state index in [1.807, 2.05) is 0 Å². The van der Waals surface area contributed by atoms with E-state index in [0.717, 1.165) is 31.4 Å². The third-order valence-electron chi connectivity index (χ3n) is 3.73. The molecule has 1 aromatic rings. The van der Waals surface area contributed by atoms with E-state index in [1.54, 1.807) is 6.92 Å². The quantitative estimate of drug-likeness (QED) is 0.613. The molecule has 1 saturated heterocycles. The van der Waals surface area contributed by atoms with Crippen LogP contribution in [-0.2, 0) is 24.3 Å². The lowest BCUT2D eigenvalue weighted by molar-refractivity contribution is -0.137. The molecule has 1 amide bonds. The van der Waals surface area contributed by atoms with Crippen LogP contribution in [0.4, 0.5) is 5.69 Å². The second-order valence-corrected chi connectivity index (χ2v) is 7.50. The van der Waals surface area contributed by atoms with Gasteiger partial charge in [-0.3, -0.25) is 4.79 Å². The molecule has 0 aromatic heterocycles. The fraction of sp³-hybridized carbons (Fsp3) is 0.412. The van der Waals surface area contributed by atoms with Crippen molar-refractivity contribution in [3.05, 3.63) is 36.4 Å². The zero-order chi connectivity index (χ0) is 18.3. The van der Waals surface area contributed by atoms with Gasteiger partial charge >= 0.3 is 5.97 Å². The number of nitrogens with one attached hydrogen (secondary N) is 1. The predicted molar refractivity (Wildman–Crippen MR) is 93.5 cm³/mol. The Hall–Kier alpha value is -2.19. The number of hydrogen-bond acceptors (Lipinski definition) is 5. The molecule has 8 heteroatoms. The monoisotopic (exact) mass is 366 g/mol. The molecule has 1 aliphatic rings. The van der Waals surface area contributed by atoms with Crippen LogP contribution in [0.2, 0.25) is 0 Å². The lowest BCUT2D eigenvalue weighted by Gasteiger charge is -2.25. The smallest absolute Gasteiger partial charge is 0.330 e. The highest BCUT2D eigenvalue weighted by Gasteiger charge is 2.25. The lowest BCUT2D eigenvalue weighted by atomic mass is 10.2. The number of rotatable bonds is 6. The lowest BCUT2D eigenvalue weighted by Crippen LogP contribution is -2.35. The van der Waals surface area contributed by atoms with E-state index < -0.39 is 21.9 Å². The molecule has 0 saturated carbocycles. The molecule has 0 bridgehead atoms. The van der Waals surface area contributed by atoms with E-state index in [-0.39, 0.29) is 11.5 Å². The fourth-order valence-corrected chi connectivity index (χ4v) is 4.00. The summed E-state index contributed by atoms with van der Waals surface area (Å²) in [6.07, 6.45) is 4.90. The number of carbonyl (C=O) groups is 2. The maximum atomic E-state index is 12.5. The van der Waals surface area contributed by atoms with E-state index in [4.69, 9.17) is 0 Å². The number of hydrogen-bond donors (Lipinski definition) is 1. The molecule has 0 unspecified atom stereocenters. The molecular weight excluding hydrogens is 344 g/mol. The molecule has 0 radical (unpaired) electrons. The van der Waals surface area contributed by atoms with Crippen molar-refractivity contribution in [2.75, 3.05) is 25.0 Å². The van der Waals surface area contributed by atoms with Gasteiger partial charge in [0, 0.05) is 30.9 Å². The third-order valence-corrected chi connectivity index (χ3v) is 5.64. The Kier molecular flexibility index (Phi) is 6.72. The predicted octanol–water partition coefficient (Wildman–Crippen LogP) is 1.92. The number of benzene rings is 1. The van der Waals surface area contributed by atoms with E-state index in [9.17, 15) is 18.0 Å². The summed E-state index contributed by atoms with van der Waals surface area (Å²) >= 11 is 0. The third kappa shape index (κ3) is 5.40. The number of ether oxygens (including phenoxy) is 1. The van der Waals surface area contributed by atoms with Crippen LogP contribution < -0.4 is 5.32 Å². The van der Waals surface area contributed by atoms with Crippen LogP contribution in [0, 0.1) is 0 Å². The average molecular weight is 366 g/mol. The minimum absolute atomic E-state index is 0.203. The standard InChI is InChI=1S/C17H22N2O5S/c1-2-24-17(21)11-10-16(20)18-14-6-8-15(9-7-14)25(22,23)19-12-4-3-5-13-19/h6-11H,2-5,12-13H2,1H3,(H,18,20)/b11-10+. The van der Waals surface area contributed by atoms with Crippen LogP contribution in [0.15, 0.2) is 41.3 Å². The van der Waals surface area contributed by atoms with Crippen LogP contribution in [-0.4, -0.2) is 44.3 Å². The van der Waals surface area contributed by atoms with Crippen LogP contribution in [0.3, 0.4) is 0 Å². The molecular formula is C17H22N2O5S. The molecule has 7 nitrogen and oxygen atoms in total. The number of nitrogens with zero attached hydrogens (tertiary/aromatic N) is 1. The minimum Gasteiger partial charge on any atom is -0.463 e. The van der Waals surface area contributed by atoms with Gasteiger partial charge in [0.15, 0.2) is 0 Å². The van der Waals surface area contributed by atoms with Gasteiger partial charge in [-0.25, -0.2) is 13.2 Å². The molecule has 0 spiro atoms. The molecule has 1 fully saturated rings. The number of amides is 1. The number of esters is 1. The number of piperidine rings is 1. The topological polar surface area (TPSA) is 92.8 Å². The van der Waals surface area contributed by atoms with Gasteiger partial charge in [-0.1, -0.05) is 6.42 Å². The summed E-state index contributed by atoms with van der Waals surface area (Å²) in [5.41, 5.74) is 0.441. The highest BCUT2D eigenvalue weighted by molar-refractivity contribution is 7.89. The maximum Gasteiger partial charge on any atom is 0.330 e. The van der Waals surface area contributed by atoms with Gasteiger partial charge in [-0.05, 0) is 44.0 Å². The normalized spacial score (nSPS) is 15.9. The maximum absolute atomic E-state index is 12.5. The summed E-state index contributed by atoms with van der Waals surface area (Å²) < 4.78 is 31.2. The summed E-state index contributed by atoms with van der Waals surface area (Å²) in [6.45, 7) is 2.99. The van der Waals surface area contributed by atoms with Crippen molar-refractivity contribution in [2.45, 2.75) is 31.1 Å². The minimum atomic E-state index is -3.49. The van der Waals surface area contributed by atoms with Crippen molar-refractivity contribution in [3.63, 3.8) is 0 Å². The van der Waals surface area contributed by atoms with Crippen molar-refractivity contribution in [2.24, 2.45) is 0 Å². The summed E-state index contributed by atoms with van der Waals surface area (Å²) in [5.74, 6) is -1.10. The van der Waals surface area contributed by atoms with Crippen molar-refractivity contribution < 1.29 is 22.7 Å². The van der Waals surface area contributed by atoms with E-state index in [2.05, 4.69) is 10.1 Å². The Balaban J connectivity index is 1.99. The van der Waals surface area contributed by atoms with E-state index >= 15 is 0 Å². The molecule has 2 rings (SSSR count). The number of carbonyl (C=O) groups excluding carboxylic acids is 2. The Labute approximate surface area is 147 Å². The molecule has 1 N–H and O–H groups in total. The summed E-state index contributed by atoms with van der Waals surface area (Å²) in [5, 5.41) is 2.56. The van der Waals surface area contributed by atoms with Crippen LogP contribution in [0.1, 0.15) is 26.2 Å². The Morgan fingerprint density at radius 2 is 1.76 bits per heavy atom. The van der Waals surface area contributed by atoms with Gasteiger partial charge in [-0.15, -0.1) is 0 Å². The number of sulfonamides is 1. The van der Waals surface area contributed by atoms with Crippen molar-refractivity contribution >= 4 is 27.6 Å². The van der Waals surface area contributed by atoms with Gasteiger partial charge in [0.05, 0.1) is 11.5 Å². The molecule has 1 aromatic carbocycles. The highest BCUT2D eigenvalue weighted by Crippen LogP contribution is 2.21. The first kappa shape index (κ1) is 19.1. The summed E-state index contributed by atoms with van der Waals surface area (Å²) in [7, 11) is -3.49. The van der Waals surface area contributed by atoms with Crippen LogP contribution in [0.5, 0.6) is 0 Å². The largest absolute Gasteiger partial charge is 0.463 e.